The van der Waals surface area contributed by atoms with Crippen molar-refractivity contribution in [2.24, 2.45) is 0 Å². The van der Waals surface area contributed by atoms with Gasteiger partial charge in [0.25, 0.3) is 10.0 Å². The summed E-state index contributed by atoms with van der Waals surface area (Å²) < 4.78 is 59.1. The van der Waals surface area contributed by atoms with Crippen LogP contribution >= 0.6 is 0 Å². The number of carbonyl (C=O) groups excluding carboxylic acids is 1. The van der Waals surface area contributed by atoms with E-state index >= 15 is 0 Å². The first-order chi connectivity index (χ1) is 16.8. The topological polar surface area (TPSA) is 122 Å². The summed E-state index contributed by atoms with van der Waals surface area (Å²) in [6, 6.07) is 16.1. The molecule has 0 heterocycles. The third kappa shape index (κ3) is 6.35. The molecule has 36 heavy (non-hydrogen) atoms. The molecule has 9 nitrogen and oxygen atoms in total. The maximum Gasteiger partial charge on any atom is 0.261 e. The van der Waals surface area contributed by atoms with Gasteiger partial charge in [-0.25, -0.2) is 16.8 Å². The first-order valence-electron chi connectivity index (χ1n) is 11.0. The number of aryl methyl sites for hydroxylation is 2. The second kappa shape index (κ2) is 10.6. The Bertz CT molecular complexity index is 1450. The van der Waals surface area contributed by atoms with Crippen molar-refractivity contribution in [1.82, 2.24) is 0 Å². The van der Waals surface area contributed by atoms with Crippen LogP contribution in [0.25, 0.3) is 0 Å². The molecule has 0 spiro atoms. The van der Waals surface area contributed by atoms with Gasteiger partial charge in [-0.05, 0) is 92.6 Å². The summed E-state index contributed by atoms with van der Waals surface area (Å²) in [4.78, 5) is 12.9. The fourth-order valence-electron chi connectivity index (χ4n) is 3.52. The van der Waals surface area contributed by atoms with Crippen molar-refractivity contribution in [3.05, 3.63) is 77.9 Å². The highest BCUT2D eigenvalue weighted by atomic mass is 32.2. The van der Waals surface area contributed by atoms with Crippen molar-refractivity contribution in [3.63, 3.8) is 0 Å². The Balaban J connectivity index is 1.76. The third-order valence-corrected chi connectivity index (χ3v) is 8.25. The fraction of sp³-hybridized carbons (Fsp3) is 0.240. The van der Waals surface area contributed by atoms with Crippen LogP contribution in [0.3, 0.4) is 0 Å². The highest BCUT2D eigenvalue weighted by molar-refractivity contribution is 7.92. The second-order valence-electron chi connectivity index (χ2n) is 8.35. The summed E-state index contributed by atoms with van der Waals surface area (Å²) in [6.45, 7) is 5.30. The SMILES string of the molecule is COc1ccc(N([C@H](C)C(=O)Nc2ccc(S(=O)(=O)Nc3ccc(C)c(C)c3)cc2)S(C)(=O)=O)cc1. The molecule has 0 aliphatic heterocycles. The number of rotatable bonds is 9. The lowest BCUT2D eigenvalue weighted by atomic mass is 10.1. The predicted molar refractivity (Wildman–Crippen MR) is 142 cm³/mol. The Morgan fingerprint density at radius 2 is 1.44 bits per heavy atom. The molecule has 1 atom stereocenters. The minimum atomic E-state index is -3.84. The van der Waals surface area contributed by atoms with E-state index in [2.05, 4.69) is 10.0 Å². The Morgan fingerprint density at radius 3 is 1.97 bits per heavy atom. The van der Waals surface area contributed by atoms with Crippen LogP contribution < -0.4 is 19.1 Å². The molecule has 1 amide bonds. The molecule has 0 radical (unpaired) electrons. The number of nitrogens with one attached hydrogen (secondary N) is 2. The van der Waals surface area contributed by atoms with Gasteiger partial charge < -0.3 is 10.1 Å². The predicted octanol–water partition coefficient (Wildman–Crippen LogP) is 3.91. The van der Waals surface area contributed by atoms with Crippen LogP contribution in [-0.2, 0) is 24.8 Å². The van der Waals surface area contributed by atoms with Gasteiger partial charge >= 0.3 is 0 Å². The number of ether oxygens (including phenoxy) is 1. The van der Waals surface area contributed by atoms with Gasteiger partial charge in [0.2, 0.25) is 15.9 Å². The molecule has 11 heteroatoms. The van der Waals surface area contributed by atoms with Crippen LogP contribution in [0.4, 0.5) is 17.1 Å². The number of methoxy groups -OCH3 is 1. The standard InChI is InChI=1S/C25H29N3O6S2/c1-17-6-7-21(16-18(17)2)27-36(32,33)24-14-8-20(9-15-24)26-25(29)19(3)28(35(5,30)31)22-10-12-23(34-4)13-11-22/h6-16,19,27H,1-5H3,(H,26,29)/t19-/m1/s1. The normalized spacial score (nSPS) is 12.5. The van der Waals surface area contributed by atoms with Crippen LogP contribution in [0, 0.1) is 13.8 Å². The highest BCUT2D eigenvalue weighted by Gasteiger charge is 2.29. The smallest absolute Gasteiger partial charge is 0.261 e. The molecule has 0 bridgehead atoms. The molecule has 0 fully saturated rings. The summed E-state index contributed by atoms with van der Waals surface area (Å²) in [5.74, 6) is -0.0357. The largest absolute Gasteiger partial charge is 0.497 e. The van der Waals surface area contributed by atoms with Gasteiger partial charge in [-0.3, -0.25) is 13.8 Å². The second-order valence-corrected chi connectivity index (χ2v) is 11.9. The third-order valence-electron chi connectivity index (χ3n) is 5.61. The van der Waals surface area contributed by atoms with E-state index in [4.69, 9.17) is 4.74 Å². The van der Waals surface area contributed by atoms with Gasteiger partial charge in [0.15, 0.2) is 0 Å². The van der Waals surface area contributed by atoms with Crippen LogP contribution in [0.2, 0.25) is 0 Å². The Kier molecular flexibility index (Phi) is 7.95. The lowest BCUT2D eigenvalue weighted by Crippen LogP contribution is -2.45. The van der Waals surface area contributed by atoms with Gasteiger partial charge in [-0.15, -0.1) is 0 Å². The molecule has 0 aromatic heterocycles. The van der Waals surface area contributed by atoms with E-state index in [9.17, 15) is 21.6 Å². The van der Waals surface area contributed by atoms with Crippen LogP contribution in [0.1, 0.15) is 18.1 Å². The average Bonchev–Trinajstić information content (AvgIpc) is 2.81. The van der Waals surface area contributed by atoms with Gasteiger partial charge in [0.1, 0.15) is 11.8 Å². The average molecular weight is 532 g/mol. The van der Waals surface area contributed by atoms with Crippen LogP contribution in [0.5, 0.6) is 5.75 Å². The zero-order valence-corrected chi connectivity index (χ0v) is 22.3. The summed E-state index contributed by atoms with van der Waals surface area (Å²) >= 11 is 0. The molecular formula is C25H29N3O6S2. The van der Waals surface area contributed by atoms with Crippen LogP contribution in [0.15, 0.2) is 71.6 Å². The number of hydrogen-bond acceptors (Lipinski definition) is 6. The number of nitrogens with zero attached hydrogens (tertiary/aromatic N) is 1. The molecule has 2 N–H and O–H groups in total. The quantitative estimate of drug-likeness (QED) is 0.432. The molecule has 3 rings (SSSR count). The van der Waals surface area contributed by atoms with Crippen molar-refractivity contribution in [1.29, 1.82) is 0 Å². The van der Waals surface area contributed by atoms with E-state index in [0.29, 0.717) is 22.8 Å². The zero-order chi connectivity index (χ0) is 26.7. The van der Waals surface area contributed by atoms with Crippen molar-refractivity contribution < 1.29 is 26.4 Å². The van der Waals surface area contributed by atoms with E-state index in [0.717, 1.165) is 21.7 Å². The molecule has 3 aromatic rings. The molecule has 0 unspecified atom stereocenters. The van der Waals surface area contributed by atoms with Crippen molar-refractivity contribution >= 4 is 43.0 Å². The first-order valence-corrected chi connectivity index (χ1v) is 14.3. The molecule has 3 aromatic carbocycles. The fourth-order valence-corrected chi connectivity index (χ4v) is 5.75. The number of benzene rings is 3. The Hall–Kier alpha value is -3.57. The van der Waals surface area contributed by atoms with E-state index in [-0.39, 0.29) is 4.90 Å². The van der Waals surface area contributed by atoms with Gasteiger partial charge in [0.05, 0.1) is 23.9 Å². The lowest BCUT2D eigenvalue weighted by Gasteiger charge is -2.28. The lowest BCUT2D eigenvalue weighted by molar-refractivity contribution is -0.116. The molecule has 192 valence electrons. The van der Waals surface area contributed by atoms with E-state index in [1.165, 1.54) is 38.3 Å². The van der Waals surface area contributed by atoms with Crippen molar-refractivity contribution in [3.8, 4) is 5.75 Å². The maximum atomic E-state index is 12.9. The number of anilines is 3. The van der Waals surface area contributed by atoms with Crippen molar-refractivity contribution in [2.45, 2.75) is 31.7 Å². The van der Waals surface area contributed by atoms with E-state index in [1.807, 2.05) is 19.9 Å². The Morgan fingerprint density at radius 1 is 0.861 bits per heavy atom. The van der Waals surface area contributed by atoms with E-state index in [1.54, 1.807) is 36.4 Å². The molecule has 0 saturated heterocycles. The van der Waals surface area contributed by atoms with Gasteiger partial charge in [0, 0.05) is 11.4 Å². The van der Waals surface area contributed by atoms with Gasteiger partial charge in [-0.2, -0.15) is 0 Å². The molecule has 0 saturated carbocycles. The number of sulfonamides is 2. The van der Waals surface area contributed by atoms with Crippen molar-refractivity contribution in [2.75, 3.05) is 27.7 Å². The summed E-state index contributed by atoms with van der Waals surface area (Å²) in [5, 5.41) is 2.64. The minimum absolute atomic E-state index is 0.0165. The molecule has 0 aliphatic carbocycles. The number of hydrogen-bond donors (Lipinski definition) is 2. The minimum Gasteiger partial charge on any atom is -0.497 e. The summed E-state index contributed by atoms with van der Waals surface area (Å²) in [6.07, 6.45) is 1.02. The number of carbonyl (C=O) groups is 1. The van der Waals surface area contributed by atoms with Gasteiger partial charge in [-0.1, -0.05) is 6.07 Å². The van der Waals surface area contributed by atoms with E-state index < -0.39 is 32.0 Å². The zero-order valence-electron chi connectivity index (χ0n) is 20.6. The highest BCUT2D eigenvalue weighted by Crippen LogP contribution is 2.25. The Labute approximate surface area is 212 Å². The van der Waals surface area contributed by atoms with Crippen LogP contribution in [-0.4, -0.2) is 42.2 Å². The molecule has 0 aliphatic rings. The first kappa shape index (κ1) is 27.0. The molecular weight excluding hydrogens is 502 g/mol. The summed E-state index contributed by atoms with van der Waals surface area (Å²) in [5.41, 5.74) is 3.08. The number of amides is 1. The maximum absolute atomic E-state index is 12.9. The summed E-state index contributed by atoms with van der Waals surface area (Å²) in [7, 11) is -6.14. The monoisotopic (exact) mass is 531 g/mol.